The third-order valence-electron chi connectivity index (χ3n) is 8.37. The zero-order chi connectivity index (χ0) is 25.4. The summed E-state index contributed by atoms with van der Waals surface area (Å²) < 4.78 is 5.64. The summed E-state index contributed by atoms with van der Waals surface area (Å²) in [4.78, 5) is 0. The summed E-state index contributed by atoms with van der Waals surface area (Å²) in [5, 5.41) is 8.89. The molecule has 0 amide bonds. The lowest BCUT2D eigenvalue weighted by atomic mass is 9.83. The first-order valence-electron chi connectivity index (χ1n) is 14.0. The minimum Gasteiger partial charge on any atom is -0.494 e. The molecule has 1 saturated carbocycles. The van der Waals surface area contributed by atoms with Crippen molar-refractivity contribution in [2.75, 3.05) is 13.2 Å². The Kier molecular flexibility index (Phi) is 9.45. The summed E-state index contributed by atoms with van der Waals surface area (Å²) in [6.07, 6.45) is 9.04. The van der Waals surface area contributed by atoms with Crippen LogP contribution in [0.5, 0.6) is 5.75 Å². The average molecular weight is 501 g/mol. The van der Waals surface area contributed by atoms with Crippen LogP contribution in [0.1, 0.15) is 63.4 Å². The van der Waals surface area contributed by atoms with Crippen LogP contribution < -0.4 is 4.74 Å². The van der Waals surface area contributed by atoms with Gasteiger partial charge in [-0.1, -0.05) is 112 Å². The van der Waals surface area contributed by atoms with Crippen molar-refractivity contribution in [3.63, 3.8) is 0 Å². The van der Waals surface area contributed by atoms with E-state index in [2.05, 4.69) is 80.7 Å². The van der Waals surface area contributed by atoms with E-state index in [4.69, 9.17) is 9.84 Å². The summed E-state index contributed by atoms with van der Waals surface area (Å²) in [6.45, 7) is 8.31. The molecule has 192 valence electrons. The van der Waals surface area contributed by atoms with Crippen molar-refractivity contribution in [1.29, 1.82) is 0 Å². The first-order chi connectivity index (χ1) is 17.5. The molecule has 0 aromatic heterocycles. The molecule has 1 fully saturated rings. The second-order valence-corrected chi connectivity index (χ2v) is 16.6. The van der Waals surface area contributed by atoms with Crippen LogP contribution in [0, 0.1) is 0 Å². The minimum absolute atomic E-state index is 0.160. The second kappa shape index (κ2) is 12.7. The molecule has 2 nitrogen and oxygen atoms in total. The van der Waals surface area contributed by atoms with Crippen molar-refractivity contribution in [2.45, 2.75) is 82.5 Å². The Bertz CT molecular complexity index is 1050. The maximum atomic E-state index is 8.89. The molecule has 0 aliphatic heterocycles. The fraction of sp³-hybridized carbons (Fsp3) is 0.455. The quantitative estimate of drug-likeness (QED) is 0.210. The van der Waals surface area contributed by atoms with Crippen LogP contribution in [-0.2, 0) is 0 Å². The highest BCUT2D eigenvalue weighted by Crippen LogP contribution is 2.45. The molecule has 0 unspecified atom stereocenters. The van der Waals surface area contributed by atoms with Gasteiger partial charge in [-0.3, -0.25) is 0 Å². The van der Waals surface area contributed by atoms with Gasteiger partial charge in [0.1, 0.15) is 5.75 Å². The normalized spacial score (nSPS) is 18.2. The molecule has 1 aliphatic rings. The number of rotatable bonds is 11. The fourth-order valence-electron chi connectivity index (χ4n) is 5.85. The third-order valence-corrected chi connectivity index (χ3v) is 12.8. The van der Waals surface area contributed by atoms with Crippen LogP contribution in [0.15, 0.2) is 72.8 Å². The monoisotopic (exact) mass is 500 g/mol. The predicted molar refractivity (Wildman–Crippen MR) is 157 cm³/mol. The molecule has 3 aromatic carbocycles. The number of ether oxygens (including phenoxy) is 1. The molecular formula is C33H44O2Si. The Balaban J connectivity index is 1.33. The Morgan fingerprint density at radius 3 is 1.72 bits per heavy atom. The van der Waals surface area contributed by atoms with Crippen LogP contribution in [0.2, 0.25) is 24.7 Å². The topological polar surface area (TPSA) is 29.5 Å². The van der Waals surface area contributed by atoms with Gasteiger partial charge in [0.15, 0.2) is 0 Å². The number of hydrogen-bond acceptors (Lipinski definition) is 2. The maximum absolute atomic E-state index is 8.89. The first kappa shape index (κ1) is 26.7. The number of benzene rings is 3. The molecule has 0 bridgehead atoms. The van der Waals surface area contributed by atoms with Crippen molar-refractivity contribution in [3.05, 3.63) is 78.4 Å². The number of unbranched alkanes of at least 4 members (excludes halogenated alkanes) is 1. The smallest absolute Gasteiger partial charge is 0.119 e. The van der Waals surface area contributed by atoms with Crippen LogP contribution in [-0.4, -0.2) is 26.4 Å². The van der Waals surface area contributed by atoms with Crippen molar-refractivity contribution >= 4 is 8.07 Å². The molecule has 3 aromatic rings. The van der Waals surface area contributed by atoms with E-state index in [1.54, 1.807) is 0 Å². The summed E-state index contributed by atoms with van der Waals surface area (Å²) >= 11 is 0. The molecule has 3 heteroatoms. The van der Waals surface area contributed by atoms with E-state index in [0.29, 0.717) is 13.0 Å². The predicted octanol–water partition coefficient (Wildman–Crippen LogP) is 9.32. The molecule has 1 aliphatic carbocycles. The minimum atomic E-state index is -1.06. The average Bonchev–Trinajstić information content (AvgIpc) is 2.93. The zero-order valence-corrected chi connectivity index (χ0v) is 23.5. The molecule has 0 spiro atoms. The van der Waals surface area contributed by atoms with E-state index in [1.165, 1.54) is 72.4 Å². The Morgan fingerprint density at radius 2 is 1.22 bits per heavy atom. The molecule has 0 saturated heterocycles. The maximum Gasteiger partial charge on any atom is 0.119 e. The third kappa shape index (κ3) is 6.89. The number of hydrogen-bond donors (Lipinski definition) is 1. The standard InChI is InChI=1S/C33H44O2Si/c1-4-5-25-36(2,3)33-21-17-31(18-22-33)29-13-9-27(10-14-29)26-7-11-28(12-8-26)30-15-19-32(20-16-30)35-24-6-23-34/h7-16,19-20,31,33-34H,4-6,17-18,21-25H2,1-3H3. The van der Waals surface area contributed by atoms with Crippen LogP contribution in [0.25, 0.3) is 22.3 Å². The van der Waals surface area contributed by atoms with Gasteiger partial charge >= 0.3 is 0 Å². The second-order valence-electron chi connectivity index (χ2n) is 11.3. The highest BCUT2D eigenvalue weighted by atomic mass is 28.3. The van der Waals surface area contributed by atoms with Gasteiger partial charge in [0.25, 0.3) is 0 Å². The van der Waals surface area contributed by atoms with Gasteiger partial charge in [-0.25, -0.2) is 0 Å². The van der Waals surface area contributed by atoms with E-state index in [0.717, 1.165) is 17.2 Å². The van der Waals surface area contributed by atoms with E-state index in [1.807, 2.05) is 12.1 Å². The lowest BCUT2D eigenvalue weighted by molar-refractivity contribution is 0.233. The van der Waals surface area contributed by atoms with Crippen molar-refractivity contribution < 1.29 is 9.84 Å². The molecule has 36 heavy (non-hydrogen) atoms. The van der Waals surface area contributed by atoms with Crippen molar-refractivity contribution in [3.8, 4) is 28.0 Å². The highest BCUT2D eigenvalue weighted by molar-refractivity contribution is 6.78. The van der Waals surface area contributed by atoms with Gasteiger partial charge in [0.2, 0.25) is 0 Å². The van der Waals surface area contributed by atoms with E-state index in [-0.39, 0.29) is 6.61 Å². The molecule has 0 heterocycles. The Hall–Kier alpha value is -2.36. The lowest BCUT2D eigenvalue weighted by Gasteiger charge is -2.38. The van der Waals surface area contributed by atoms with Crippen molar-refractivity contribution in [1.82, 2.24) is 0 Å². The van der Waals surface area contributed by atoms with Gasteiger partial charge in [-0.15, -0.1) is 0 Å². The summed E-state index contributed by atoms with van der Waals surface area (Å²) in [7, 11) is -1.06. The molecule has 4 rings (SSSR count). The Labute approximate surface area is 219 Å². The Morgan fingerprint density at radius 1 is 0.722 bits per heavy atom. The zero-order valence-electron chi connectivity index (χ0n) is 22.5. The molecule has 0 radical (unpaired) electrons. The summed E-state index contributed by atoms with van der Waals surface area (Å²) in [5.74, 6) is 1.59. The first-order valence-corrected chi connectivity index (χ1v) is 17.3. The van der Waals surface area contributed by atoms with Gasteiger partial charge in [-0.05, 0) is 64.3 Å². The lowest BCUT2D eigenvalue weighted by Crippen LogP contribution is -2.34. The largest absolute Gasteiger partial charge is 0.494 e. The number of aliphatic hydroxyl groups is 1. The van der Waals surface area contributed by atoms with E-state index < -0.39 is 8.07 Å². The SMILES string of the molecule is CCCC[Si](C)(C)C1CCC(c2ccc(-c3ccc(-c4ccc(OCCCO)cc4)cc3)cc2)CC1. The van der Waals surface area contributed by atoms with Gasteiger partial charge in [-0.2, -0.15) is 0 Å². The molecular weight excluding hydrogens is 456 g/mol. The summed E-state index contributed by atoms with van der Waals surface area (Å²) in [6, 6.07) is 28.0. The summed E-state index contributed by atoms with van der Waals surface area (Å²) in [5.41, 5.74) is 7.50. The van der Waals surface area contributed by atoms with Gasteiger partial charge in [0, 0.05) is 13.0 Å². The van der Waals surface area contributed by atoms with Crippen molar-refractivity contribution in [2.24, 2.45) is 0 Å². The van der Waals surface area contributed by atoms with Crippen LogP contribution in [0.4, 0.5) is 0 Å². The van der Waals surface area contributed by atoms with E-state index >= 15 is 0 Å². The molecule has 1 N–H and O–H groups in total. The highest BCUT2D eigenvalue weighted by Gasteiger charge is 2.34. The van der Waals surface area contributed by atoms with Crippen LogP contribution >= 0.6 is 0 Å². The van der Waals surface area contributed by atoms with E-state index in [9.17, 15) is 0 Å². The molecule has 0 atom stereocenters. The van der Waals surface area contributed by atoms with Gasteiger partial charge < -0.3 is 9.84 Å². The van der Waals surface area contributed by atoms with Crippen LogP contribution in [0.3, 0.4) is 0 Å². The van der Waals surface area contributed by atoms with Gasteiger partial charge in [0.05, 0.1) is 14.7 Å². The fourth-order valence-corrected chi connectivity index (χ4v) is 9.42. The number of aliphatic hydroxyl groups excluding tert-OH is 1.